The van der Waals surface area contributed by atoms with Crippen molar-refractivity contribution in [3.8, 4) is 5.75 Å². The second-order valence-corrected chi connectivity index (χ2v) is 7.30. The van der Waals surface area contributed by atoms with Gasteiger partial charge in [-0.15, -0.1) is 0 Å². The van der Waals surface area contributed by atoms with Gasteiger partial charge in [0.2, 0.25) is 5.91 Å². The minimum absolute atomic E-state index is 0.219. The van der Waals surface area contributed by atoms with Crippen LogP contribution in [0.4, 0.5) is 0 Å². The Morgan fingerprint density at radius 2 is 2.00 bits per heavy atom. The van der Waals surface area contributed by atoms with E-state index in [2.05, 4.69) is 36.5 Å². The molecular formula is C19H24N2O2S. The molecule has 1 aliphatic heterocycles. The largest absolute Gasteiger partial charge is 0.497 e. The molecule has 0 N–H and O–H groups in total. The van der Waals surface area contributed by atoms with E-state index < -0.39 is 0 Å². The molecule has 0 saturated carbocycles. The van der Waals surface area contributed by atoms with E-state index in [0.29, 0.717) is 18.4 Å². The standard InChI is InChI=1S/C19H24N2O2S/c1-20(2)18-12-21(19(22)10-14-8-9-24-13-14)11-17(18)15-4-6-16(23-3)7-5-15/h4-9,13,17-18H,10-12H2,1-3H3. The lowest BCUT2D eigenvalue weighted by Gasteiger charge is -2.25. The molecule has 2 heterocycles. The number of likely N-dealkylation sites (N-methyl/N-ethyl adjacent to an activating group) is 1. The van der Waals surface area contributed by atoms with Gasteiger partial charge in [0.25, 0.3) is 0 Å². The van der Waals surface area contributed by atoms with Crippen LogP contribution in [0.5, 0.6) is 5.75 Å². The summed E-state index contributed by atoms with van der Waals surface area (Å²) in [6.07, 6.45) is 0.499. The maximum absolute atomic E-state index is 12.7. The molecule has 1 amide bonds. The Balaban J connectivity index is 1.74. The summed E-state index contributed by atoms with van der Waals surface area (Å²) in [7, 11) is 5.86. The lowest BCUT2D eigenvalue weighted by atomic mass is 9.93. The Labute approximate surface area is 147 Å². The van der Waals surface area contributed by atoms with E-state index in [9.17, 15) is 4.79 Å². The summed E-state index contributed by atoms with van der Waals surface area (Å²) in [4.78, 5) is 16.9. The van der Waals surface area contributed by atoms with E-state index in [-0.39, 0.29) is 5.91 Å². The molecule has 0 aliphatic carbocycles. The molecule has 0 spiro atoms. The number of hydrogen-bond donors (Lipinski definition) is 0. The summed E-state index contributed by atoms with van der Waals surface area (Å²) in [5, 5.41) is 4.08. The number of carbonyl (C=O) groups excluding carboxylic acids is 1. The molecule has 1 aliphatic rings. The molecule has 128 valence electrons. The number of hydrogen-bond acceptors (Lipinski definition) is 4. The van der Waals surface area contributed by atoms with Gasteiger partial charge in [-0.05, 0) is 54.2 Å². The molecule has 2 unspecified atom stereocenters. The van der Waals surface area contributed by atoms with Crippen LogP contribution in [-0.2, 0) is 11.2 Å². The quantitative estimate of drug-likeness (QED) is 0.836. The lowest BCUT2D eigenvalue weighted by molar-refractivity contribution is -0.129. The van der Waals surface area contributed by atoms with Crippen LogP contribution in [0.15, 0.2) is 41.1 Å². The zero-order chi connectivity index (χ0) is 17.1. The smallest absolute Gasteiger partial charge is 0.227 e. The molecule has 2 atom stereocenters. The third-order valence-corrected chi connectivity index (χ3v) is 5.52. The maximum atomic E-state index is 12.7. The number of methoxy groups -OCH3 is 1. The fourth-order valence-corrected chi connectivity index (χ4v) is 4.04. The Morgan fingerprint density at radius 1 is 1.25 bits per heavy atom. The first-order valence-corrected chi connectivity index (χ1v) is 9.12. The van der Waals surface area contributed by atoms with Gasteiger partial charge in [0.1, 0.15) is 5.75 Å². The van der Waals surface area contributed by atoms with E-state index in [1.165, 1.54) is 5.56 Å². The fraction of sp³-hybridized carbons (Fsp3) is 0.421. The summed E-state index contributed by atoms with van der Waals surface area (Å²) in [5.41, 5.74) is 2.37. The van der Waals surface area contributed by atoms with Crippen molar-refractivity contribution >= 4 is 17.2 Å². The Bertz CT molecular complexity index is 667. The van der Waals surface area contributed by atoms with Gasteiger partial charge in [-0.3, -0.25) is 4.79 Å². The number of thiophene rings is 1. The van der Waals surface area contributed by atoms with Gasteiger partial charge in [-0.25, -0.2) is 0 Å². The van der Waals surface area contributed by atoms with E-state index >= 15 is 0 Å². The highest BCUT2D eigenvalue weighted by molar-refractivity contribution is 7.08. The van der Waals surface area contributed by atoms with Gasteiger partial charge < -0.3 is 14.5 Å². The third-order valence-electron chi connectivity index (χ3n) is 4.78. The normalized spacial score (nSPS) is 20.6. The summed E-state index contributed by atoms with van der Waals surface area (Å²) in [5.74, 6) is 1.41. The van der Waals surface area contributed by atoms with E-state index in [0.717, 1.165) is 24.4 Å². The van der Waals surface area contributed by atoms with Gasteiger partial charge >= 0.3 is 0 Å². The van der Waals surface area contributed by atoms with Crippen LogP contribution in [0.25, 0.3) is 0 Å². The molecule has 1 fully saturated rings. The Morgan fingerprint density at radius 3 is 2.58 bits per heavy atom. The zero-order valence-electron chi connectivity index (χ0n) is 14.4. The predicted molar refractivity (Wildman–Crippen MR) is 97.8 cm³/mol. The summed E-state index contributed by atoms with van der Waals surface area (Å²) < 4.78 is 5.25. The van der Waals surface area contributed by atoms with Gasteiger partial charge in [-0.1, -0.05) is 12.1 Å². The van der Waals surface area contributed by atoms with E-state index in [1.54, 1.807) is 18.4 Å². The van der Waals surface area contributed by atoms with Crippen LogP contribution in [0, 0.1) is 0 Å². The molecule has 3 rings (SSSR count). The van der Waals surface area contributed by atoms with Crippen LogP contribution < -0.4 is 4.74 Å². The van der Waals surface area contributed by atoms with Crippen molar-refractivity contribution in [1.82, 2.24) is 9.80 Å². The minimum atomic E-state index is 0.219. The van der Waals surface area contributed by atoms with Crippen LogP contribution in [0.2, 0.25) is 0 Å². The molecule has 4 nitrogen and oxygen atoms in total. The van der Waals surface area contributed by atoms with Gasteiger partial charge in [0.05, 0.1) is 13.5 Å². The third kappa shape index (κ3) is 3.62. The second kappa shape index (κ2) is 7.36. The van der Waals surface area contributed by atoms with Crippen molar-refractivity contribution in [2.24, 2.45) is 0 Å². The number of nitrogens with zero attached hydrogens (tertiary/aromatic N) is 2. The van der Waals surface area contributed by atoms with Crippen molar-refractivity contribution < 1.29 is 9.53 Å². The number of likely N-dealkylation sites (tertiary alicyclic amines) is 1. The minimum Gasteiger partial charge on any atom is -0.497 e. The van der Waals surface area contributed by atoms with E-state index in [4.69, 9.17) is 4.74 Å². The zero-order valence-corrected chi connectivity index (χ0v) is 15.3. The fourth-order valence-electron chi connectivity index (χ4n) is 3.37. The highest BCUT2D eigenvalue weighted by Crippen LogP contribution is 2.31. The number of rotatable bonds is 5. The SMILES string of the molecule is COc1ccc(C2CN(C(=O)Cc3ccsc3)CC2N(C)C)cc1. The first kappa shape index (κ1) is 17.0. The average molecular weight is 344 g/mol. The van der Waals surface area contributed by atoms with Gasteiger partial charge in [0.15, 0.2) is 0 Å². The molecule has 5 heteroatoms. The van der Waals surface area contributed by atoms with Crippen LogP contribution in [0.1, 0.15) is 17.0 Å². The first-order valence-electron chi connectivity index (χ1n) is 8.17. The molecule has 24 heavy (non-hydrogen) atoms. The molecule has 2 aromatic rings. The van der Waals surface area contributed by atoms with Crippen LogP contribution in [-0.4, -0.2) is 56.0 Å². The van der Waals surface area contributed by atoms with Crippen LogP contribution in [0.3, 0.4) is 0 Å². The van der Waals surface area contributed by atoms with Crippen molar-refractivity contribution in [3.63, 3.8) is 0 Å². The molecule has 0 bridgehead atoms. The highest BCUT2D eigenvalue weighted by atomic mass is 32.1. The molecule has 1 aromatic heterocycles. The Kier molecular flexibility index (Phi) is 5.21. The van der Waals surface area contributed by atoms with Crippen molar-refractivity contribution in [3.05, 3.63) is 52.2 Å². The monoisotopic (exact) mass is 344 g/mol. The summed E-state index contributed by atoms with van der Waals surface area (Å²) >= 11 is 1.64. The van der Waals surface area contributed by atoms with Gasteiger partial charge in [0, 0.05) is 25.0 Å². The number of carbonyl (C=O) groups is 1. The molecule has 0 radical (unpaired) electrons. The lowest BCUT2D eigenvalue weighted by Crippen LogP contribution is -2.36. The summed E-state index contributed by atoms with van der Waals surface area (Å²) in [6.45, 7) is 1.56. The maximum Gasteiger partial charge on any atom is 0.227 e. The average Bonchev–Trinajstić information content (AvgIpc) is 3.24. The van der Waals surface area contributed by atoms with Crippen molar-refractivity contribution in [1.29, 1.82) is 0 Å². The molecule has 1 saturated heterocycles. The number of amides is 1. The van der Waals surface area contributed by atoms with Crippen molar-refractivity contribution in [2.75, 3.05) is 34.3 Å². The highest BCUT2D eigenvalue weighted by Gasteiger charge is 2.37. The summed E-state index contributed by atoms with van der Waals surface area (Å²) in [6, 6.07) is 10.6. The predicted octanol–water partition coefficient (Wildman–Crippen LogP) is 2.86. The second-order valence-electron chi connectivity index (χ2n) is 6.52. The van der Waals surface area contributed by atoms with Gasteiger partial charge in [-0.2, -0.15) is 11.3 Å². The number of ether oxygens (including phenoxy) is 1. The van der Waals surface area contributed by atoms with Crippen molar-refractivity contribution in [2.45, 2.75) is 18.4 Å². The first-order chi connectivity index (χ1) is 11.6. The van der Waals surface area contributed by atoms with E-state index in [1.807, 2.05) is 28.5 Å². The topological polar surface area (TPSA) is 32.8 Å². The Hall–Kier alpha value is -1.85. The molecule has 1 aromatic carbocycles. The molecular weight excluding hydrogens is 320 g/mol. The number of benzene rings is 1. The van der Waals surface area contributed by atoms with Crippen LogP contribution >= 0.6 is 11.3 Å².